The molecule has 1 atom stereocenters. The quantitative estimate of drug-likeness (QED) is 0.490. The maximum Gasteiger partial charge on any atom is 0.309 e. The third-order valence-corrected chi connectivity index (χ3v) is 1.21. The number of carbonyl (C=O) groups excluding carboxylic acids is 1. The molecule has 1 unspecified atom stereocenters. The van der Waals surface area contributed by atoms with E-state index in [4.69, 9.17) is 12.0 Å². The molecule has 0 heterocycles. The number of aliphatic hydroxyl groups is 1. The van der Waals surface area contributed by atoms with Crippen LogP contribution in [0.2, 0.25) is 0 Å². The first-order chi connectivity index (χ1) is 5.57. The topological polar surface area (TPSA) is 46.5 Å². The summed E-state index contributed by atoms with van der Waals surface area (Å²) in [5, 5.41) is 8.34. The maximum absolute atomic E-state index is 10.9. The molecule has 68 valence electrons. The number of ether oxygens (including phenoxy) is 1. The highest BCUT2D eigenvalue weighted by Gasteiger charge is 2.13. The van der Waals surface area contributed by atoms with Gasteiger partial charge in [0.1, 0.15) is 6.61 Å². The van der Waals surface area contributed by atoms with Gasteiger partial charge in [-0.05, 0) is 20.3 Å². The largest absolute Gasteiger partial charge is 0.463 e. The van der Waals surface area contributed by atoms with Crippen molar-refractivity contribution in [3.63, 3.8) is 0 Å². The Kier molecular flexibility index (Phi) is 5.37. The van der Waals surface area contributed by atoms with Gasteiger partial charge in [0.2, 0.25) is 0 Å². The monoisotopic (exact) mass is 170 g/mol. The molecule has 0 aromatic carbocycles. The summed E-state index contributed by atoms with van der Waals surface area (Å²) in [4.78, 5) is 10.9. The standard InChI is InChI=1S/C9H14O3/c1-7(2)6-8(3)9(11)12-5-4-10/h3,8,10H,1,4-6H2,2H3. The summed E-state index contributed by atoms with van der Waals surface area (Å²) in [6, 6.07) is 0. The van der Waals surface area contributed by atoms with Gasteiger partial charge in [0.05, 0.1) is 12.5 Å². The first-order valence-electron chi connectivity index (χ1n) is 3.75. The van der Waals surface area contributed by atoms with Crippen LogP contribution in [-0.4, -0.2) is 24.3 Å². The zero-order valence-corrected chi connectivity index (χ0v) is 7.25. The molecule has 0 fully saturated rings. The Morgan fingerprint density at radius 3 is 2.75 bits per heavy atom. The average Bonchev–Trinajstić information content (AvgIpc) is 1.98. The van der Waals surface area contributed by atoms with E-state index >= 15 is 0 Å². The number of esters is 1. The number of hydrogen-bond acceptors (Lipinski definition) is 3. The van der Waals surface area contributed by atoms with Crippen LogP contribution < -0.4 is 0 Å². The molecule has 0 aliphatic heterocycles. The van der Waals surface area contributed by atoms with Crippen LogP contribution in [-0.2, 0) is 9.53 Å². The van der Waals surface area contributed by atoms with E-state index in [2.05, 4.69) is 11.3 Å². The highest BCUT2D eigenvalue weighted by Crippen LogP contribution is 2.09. The van der Waals surface area contributed by atoms with Gasteiger partial charge < -0.3 is 9.84 Å². The SMILES string of the molecule is [CH]C(CC(=C)C)C(=O)OCCO. The number of carbonyl (C=O) groups is 1. The summed E-state index contributed by atoms with van der Waals surface area (Å²) in [5.74, 6) is -1.15. The number of allylic oxidation sites excluding steroid dienone is 1. The second kappa shape index (κ2) is 5.77. The predicted molar refractivity (Wildman–Crippen MR) is 45.3 cm³/mol. The molecule has 0 amide bonds. The van der Waals surface area contributed by atoms with Crippen molar-refractivity contribution in [1.82, 2.24) is 0 Å². The van der Waals surface area contributed by atoms with Crippen LogP contribution in [0.4, 0.5) is 0 Å². The van der Waals surface area contributed by atoms with Crippen molar-refractivity contribution < 1.29 is 14.6 Å². The Labute approximate surface area is 73.0 Å². The lowest BCUT2D eigenvalue weighted by atomic mass is 10.0. The molecule has 0 saturated heterocycles. The van der Waals surface area contributed by atoms with Crippen LogP contribution in [0.5, 0.6) is 0 Å². The van der Waals surface area contributed by atoms with E-state index in [1.165, 1.54) is 0 Å². The van der Waals surface area contributed by atoms with Crippen molar-refractivity contribution in [2.45, 2.75) is 13.3 Å². The number of aliphatic hydroxyl groups excluding tert-OH is 1. The summed E-state index contributed by atoms with van der Waals surface area (Å²) in [6.07, 6.45) is 0.421. The smallest absolute Gasteiger partial charge is 0.309 e. The molecule has 1 N–H and O–H groups in total. The van der Waals surface area contributed by atoms with Gasteiger partial charge >= 0.3 is 5.97 Å². The fourth-order valence-electron chi connectivity index (χ4n) is 0.712. The zero-order chi connectivity index (χ0) is 9.56. The molecule has 0 aliphatic rings. The van der Waals surface area contributed by atoms with Crippen LogP contribution >= 0.6 is 0 Å². The minimum atomic E-state index is -0.658. The number of hydrogen-bond donors (Lipinski definition) is 1. The molecule has 0 rings (SSSR count). The first-order valence-corrected chi connectivity index (χ1v) is 3.75. The number of rotatable bonds is 5. The average molecular weight is 170 g/mol. The van der Waals surface area contributed by atoms with Crippen LogP contribution in [0.1, 0.15) is 13.3 Å². The van der Waals surface area contributed by atoms with E-state index in [1.807, 2.05) is 0 Å². The molecular weight excluding hydrogens is 156 g/mol. The van der Waals surface area contributed by atoms with Gasteiger partial charge in [-0.2, -0.15) is 0 Å². The lowest BCUT2D eigenvalue weighted by molar-refractivity contribution is -0.147. The van der Waals surface area contributed by atoms with Crippen molar-refractivity contribution in [2.75, 3.05) is 13.2 Å². The Morgan fingerprint density at radius 1 is 1.75 bits per heavy atom. The van der Waals surface area contributed by atoms with E-state index in [9.17, 15) is 4.79 Å². The Morgan fingerprint density at radius 2 is 2.33 bits per heavy atom. The van der Waals surface area contributed by atoms with Gasteiger partial charge in [0.25, 0.3) is 0 Å². The Hall–Kier alpha value is -0.830. The summed E-state index contributed by atoms with van der Waals surface area (Å²) in [5.41, 5.74) is 0.837. The van der Waals surface area contributed by atoms with Gasteiger partial charge in [-0.3, -0.25) is 4.79 Å². The molecule has 0 aromatic rings. The normalized spacial score (nSPS) is 12.2. The summed E-state index contributed by atoms with van der Waals surface area (Å²) in [6.45, 7) is 10.7. The van der Waals surface area contributed by atoms with E-state index < -0.39 is 11.9 Å². The van der Waals surface area contributed by atoms with Gasteiger partial charge in [0.15, 0.2) is 0 Å². The third-order valence-electron chi connectivity index (χ3n) is 1.21. The van der Waals surface area contributed by atoms with Gasteiger partial charge in [-0.1, -0.05) is 5.57 Å². The lowest BCUT2D eigenvalue weighted by Gasteiger charge is -2.09. The van der Waals surface area contributed by atoms with E-state index in [0.29, 0.717) is 6.42 Å². The molecule has 3 nitrogen and oxygen atoms in total. The van der Waals surface area contributed by atoms with Crippen molar-refractivity contribution in [1.29, 1.82) is 0 Å². The van der Waals surface area contributed by atoms with E-state index in [0.717, 1.165) is 5.57 Å². The fourth-order valence-corrected chi connectivity index (χ4v) is 0.712. The fraction of sp³-hybridized carbons (Fsp3) is 0.556. The van der Waals surface area contributed by atoms with Crippen molar-refractivity contribution in [3.8, 4) is 0 Å². The third kappa shape index (κ3) is 4.91. The Balaban J connectivity index is 3.69. The van der Waals surface area contributed by atoms with Gasteiger partial charge in [-0.25, -0.2) is 0 Å². The first kappa shape index (κ1) is 11.2. The van der Waals surface area contributed by atoms with Crippen LogP contribution in [0, 0.1) is 12.8 Å². The zero-order valence-electron chi connectivity index (χ0n) is 7.25. The van der Waals surface area contributed by atoms with Crippen molar-refractivity contribution >= 4 is 5.97 Å². The van der Waals surface area contributed by atoms with Crippen LogP contribution in [0.3, 0.4) is 0 Å². The molecule has 12 heavy (non-hydrogen) atoms. The van der Waals surface area contributed by atoms with Crippen molar-refractivity contribution in [2.24, 2.45) is 5.92 Å². The van der Waals surface area contributed by atoms with Gasteiger partial charge in [0, 0.05) is 0 Å². The van der Waals surface area contributed by atoms with Crippen LogP contribution in [0.15, 0.2) is 12.2 Å². The highest BCUT2D eigenvalue weighted by molar-refractivity contribution is 5.73. The second-order valence-corrected chi connectivity index (χ2v) is 2.66. The van der Waals surface area contributed by atoms with Crippen LogP contribution in [0.25, 0.3) is 0 Å². The van der Waals surface area contributed by atoms with E-state index in [1.54, 1.807) is 6.92 Å². The highest BCUT2D eigenvalue weighted by atomic mass is 16.5. The van der Waals surface area contributed by atoms with Crippen molar-refractivity contribution in [3.05, 3.63) is 19.1 Å². The summed E-state index contributed by atoms with van der Waals surface area (Å²) < 4.78 is 4.60. The summed E-state index contributed by atoms with van der Waals surface area (Å²) in [7, 11) is 0. The van der Waals surface area contributed by atoms with E-state index in [-0.39, 0.29) is 13.2 Å². The minimum Gasteiger partial charge on any atom is -0.463 e. The molecule has 0 aliphatic carbocycles. The molecule has 2 radical (unpaired) electrons. The second-order valence-electron chi connectivity index (χ2n) is 2.66. The molecule has 0 aromatic heterocycles. The molecular formula is C9H14O3. The molecule has 0 saturated carbocycles. The maximum atomic E-state index is 10.9. The summed E-state index contributed by atoms with van der Waals surface area (Å²) >= 11 is 0. The minimum absolute atomic E-state index is 0.00270. The predicted octanol–water partition coefficient (Wildman–Crippen LogP) is 0.815. The molecule has 0 bridgehead atoms. The van der Waals surface area contributed by atoms with Gasteiger partial charge in [-0.15, -0.1) is 6.58 Å². The lowest BCUT2D eigenvalue weighted by Crippen LogP contribution is -2.17. The molecule has 0 spiro atoms. The molecule has 3 heteroatoms. The Bertz CT molecular complexity index is 163.